The van der Waals surface area contributed by atoms with Crippen LogP contribution in [0.1, 0.15) is 38.3 Å². The van der Waals surface area contributed by atoms with E-state index in [0.717, 1.165) is 37.2 Å². The van der Waals surface area contributed by atoms with Gasteiger partial charge in [0, 0.05) is 5.92 Å². The second-order valence-corrected chi connectivity index (χ2v) is 7.02. The number of hydrogen-bond acceptors (Lipinski definition) is 4. The zero-order valence-corrected chi connectivity index (χ0v) is 15.3. The molecule has 0 aliphatic carbocycles. The van der Waals surface area contributed by atoms with Crippen LogP contribution in [0.15, 0.2) is 24.3 Å². The van der Waals surface area contributed by atoms with E-state index in [4.69, 9.17) is 10.5 Å². The maximum absolute atomic E-state index is 12.5. The first kappa shape index (κ1) is 19.2. The lowest BCUT2D eigenvalue weighted by Gasteiger charge is -2.31. The van der Waals surface area contributed by atoms with Crippen LogP contribution in [0.5, 0.6) is 5.75 Å². The minimum absolute atomic E-state index is 0.00652. The Morgan fingerprint density at radius 1 is 1.24 bits per heavy atom. The van der Waals surface area contributed by atoms with Crippen molar-refractivity contribution in [1.29, 1.82) is 0 Å². The number of primary amides is 1. The third-order valence-corrected chi connectivity index (χ3v) is 4.82. The molecule has 2 amide bonds. The Balaban J connectivity index is 1.91. The molecule has 1 unspecified atom stereocenters. The third kappa shape index (κ3) is 5.46. The van der Waals surface area contributed by atoms with Crippen LogP contribution in [0.3, 0.4) is 0 Å². The van der Waals surface area contributed by atoms with Gasteiger partial charge >= 0.3 is 0 Å². The Bertz CT molecular complexity index is 578. The quantitative estimate of drug-likeness (QED) is 0.786. The van der Waals surface area contributed by atoms with E-state index in [0.29, 0.717) is 6.54 Å². The molecule has 0 radical (unpaired) electrons. The molecule has 0 saturated carbocycles. The molecule has 1 aromatic carbocycles. The first-order valence-corrected chi connectivity index (χ1v) is 8.85. The summed E-state index contributed by atoms with van der Waals surface area (Å²) in [6.45, 7) is 6.00. The van der Waals surface area contributed by atoms with Gasteiger partial charge in [-0.05, 0) is 49.5 Å². The van der Waals surface area contributed by atoms with E-state index in [1.807, 2.05) is 24.3 Å². The van der Waals surface area contributed by atoms with Crippen molar-refractivity contribution in [2.24, 2.45) is 17.6 Å². The SMILES string of the molecule is COc1ccc(C(NC(=O)CN2CCC(C(N)=O)CC2)C(C)C)cc1. The van der Waals surface area contributed by atoms with Crippen molar-refractivity contribution in [2.75, 3.05) is 26.7 Å². The molecular weight excluding hydrogens is 318 g/mol. The number of methoxy groups -OCH3 is 1. The van der Waals surface area contributed by atoms with E-state index in [-0.39, 0.29) is 29.7 Å². The summed E-state index contributed by atoms with van der Waals surface area (Å²) < 4.78 is 5.19. The van der Waals surface area contributed by atoms with Gasteiger partial charge in [0.25, 0.3) is 0 Å². The highest BCUT2D eigenvalue weighted by Gasteiger charge is 2.25. The fraction of sp³-hybridized carbons (Fsp3) is 0.579. The average Bonchev–Trinajstić information content (AvgIpc) is 2.60. The lowest BCUT2D eigenvalue weighted by molar-refractivity contribution is -0.124. The van der Waals surface area contributed by atoms with Gasteiger partial charge in [-0.15, -0.1) is 0 Å². The molecule has 1 aromatic rings. The molecule has 1 heterocycles. The van der Waals surface area contributed by atoms with Crippen LogP contribution in [0.25, 0.3) is 0 Å². The molecule has 1 aliphatic heterocycles. The molecule has 1 saturated heterocycles. The van der Waals surface area contributed by atoms with Crippen LogP contribution in [-0.2, 0) is 9.59 Å². The van der Waals surface area contributed by atoms with E-state index >= 15 is 0 Å². The summed E-state index contributed by atoms with van der Waals surface area (Å²) in [5.74, 6) is 0.797. The van der Waals surface area contributed by atoms with Crippen LogP contribution in [-0.4, -0.2) is 43.5 Å². The van der Waals surface area contributed by atoms with E-state index in [1.165, 1.54) is 0 Å². The Morgan fingerprint density at radius 3 is 2.32 bits per heavy atom. The van der Waals surface area contributed by atoms with Gasteiger partial charge in [-0.1, -0.05) is 26.0 Å². The molecular formula is C19H29N3O3. The van der Waals surface area contributed by atoms with Gasteiger partial charge in [0.15, 0.2) is 0 Å². The lowest BCUT2D eigenvalue weighted by Crippen LogP contribution is -2.44. The smallest absolute Gasteiger partial charge is 0.234 e. The van der Waals surface area contributed by atoms with Crippen LogP contribution < -0.4 is 15.8 Å². The Kier molecular flexibility index (Phi) is 6.82. The summed E-state index contributed by atoms with van der Waals surface area (Å²) >= 11 is 0. The van der Waals surface area contributed by atoms with Gasteiger partial charge < -0.3 is 15.8 Å². The van der Waals surface area contributed by atoms with Gasteiger partial charge in [-0.2, -0.15) is 0 Å². The normalized spacial score (nSPS) is 17.3. The minimum Gasteiger partial charge on any atom is -0.497 e. The lowest BCUT2D eigenvalue weighted by atomic mass is 9.95. The van der Waals surface area contributed by atoms with Crippen molar-refractivity contribution in [3.63, 3.8) is 0 Å². The highest BCUT2D eigenvalue weighted by Crippen LogP contribution is 2.24. The summed E-state index contributed by atoms with van der Waals surface area (Å²) in [7, 11) is 1.64. The maximum Gasteiger partial charge on any atom is 0.234 e. The molecule has 0 bridgehead atoms. The van der Waals surface area contributed by atoms with Crippen molar-refractivity contribution in [3.8, 4) is 5.75 Å². The zero-order valence-electron chi connectivity index (χ0n) is 15.3. The number of rotatable bonds is 7. The largest absolute Gasteiger partial charge is 0.497 e. The number of amides is 2. The van der Waals surface area contributed by atoms with Gasteiger partial charge in [-0.3, -0.25) is 14.5 Å². The standard InChI is InChI=1S/C19H29N3O3/c1-13(2)18(14-4-6-16(25-3)7-5-14)21-17(23)12-22-10-8-15(9-11-22)19(20)24/h4-7,13,15,18H,8-12H2,1-3H3,(H2,20,24)(H,21,23). The van der Waals surface area contributed by atoms with Crippen molar-refractivity contribution in [2.45, 2.75) is 32.7 Å². The number of nitrogens with zero attached hydrogens (tertiary/aromatic N) is 1. The number of carbonyl (C=O) groups excluding carboxylic acids is 2. The van der Waals surface area contributed by atoms with Crippen LogP contribution in [0.2, 0.25) is 0 Å². The molecule has 3 N–H and O–H groups in total. The molecule has 1 aliphatic rings. The van der Waals surface area contributed by atoms with Crippen LogP contribution in [0.4, 0.5) is 0 Å². The molecule has 138 valence electrons. The fourth-order valence-electron chi connectivity index (χ4n) is 3.24. The van der Waals surface area contributed by atoms with Crippen LogP contribution >= 0.6 is 0 Å². The summed E-state index contributed by atoms with van der Waals surface area (Å²) in [6, 6.07) is 7.75. The first-order chi connectivity index (χ1) is 11.9. The number of nitrogens with one attached hydrogen (secondary N) is 1. The Hall–Kier alpha value is -2.08. The minimum atomic E-state index is -0.233. The van der Waals surface area contributed by atoms with E-state index in [1.54, 1.807) is 7.11 Å². The van der Waals surface area contributed by atoms with Gasteiger partial charge in [0.05, 0.1) is 19.7 Å². The first-order valence-electron chi connectivity index (χ1n) is 8.85. The monoisotopic (exact) mass is 347 g/mol. The Labute approximate surface area is 149 Å². The molecule has 6 heteroatoms. The highest BCUT2D eigenvalue weighted by atomic mass is 16.5. The summed E-state index contributed by atoms with van der Waals surface area (Å²) in [5, 5.41) is 3.14. The van der Waals surface area contributed by atoms with E-state index in [2.05, 4.69) is 24.1 Å². The van der Waals surface area contributed by atoms with Crippen molar-refractivity contribution in [1.82, 2.24) is 10.2 Å². The van der Waals surface area contributed by atoms with Gasteiger partial charge in [0.2, 0.25) is 11.8 Å². The number of nitrogens with two attached hydrogens (primary N) is 1. The second-order valence-electron chi connectivity index (χ2n) is 7.02. The number of benzene rings is 1. The third-order valence-electron chi connectivity index (χ3n) is 4.82. The zero-order chi connectivity index (χ0) is 18.4. The molecule has 25 heavy (non-hydrogen) atoms. The highest BCUT2D eigenvalue weighted by molar-refractivity contribution is 5.79. The Morgan fingerprint density at radius 2 is 1.84 bits per heavy atom. The molecule has 1 atom stereocenters. The van der Waals surface area contributed by atoms with E-state index in [9.17, 15) is 9.59 Å². The molecule has 0 spiro atoms. The number of likely N-dealkylation sites (tertiary alicyclic amines) is 1. The molecule has 6 nitrogen and oxygen atoms in total. The number of ether oxygens (including phenoxy) is 1. The van der Waals surface area contributed by atoms with Crippen molar-refractivity contribution >= 4 is 11.8 Å². The topological polar surface area (TPSA) is 84.7 Å². The van der Waals surface area contributed by atoms with Crippen molar-refractivity contribution in [3.05, 3.63) is 29.8 Å². The second kappa shape index (κ2) is 8.85. The summed E-state index contributed by atoms with van der Waals surface area (Å²) in [5.41, 5.74) is 6.42. The van der Waals surface area contributed by atoms with E-state index < -0.39 is 0 Å². The predicted octanol–water partition coefficient (Wildman–Crippen LogP) is 1.71. The van der Waals surface area contributed by atoms with Crippen molar-refractivity contribution < 1.29 is 14.3 Å². The maximum atomic E-state index is 12.5. The summed E-state index contributed by atoms with van der Waals surface area (Å²) in [4.78, 5) is 25.8. The number of hydrogen-bond donors (Lipinski definition) is 2. The number of piperidine rings is 1. The van der Waals surface area contributed by atoms with Gasteiger partial charge in [0.1, 0.15) is 5.75 Å². The van der Waals surface area contributed by atoms with Crippen LogP contribution in [0, 0.1) is 11.8 Å². The predicted molar refractivity (Wildman–Crippen MR) is 97.1 cm³/mol. The summed E-state index contributed by atoms with van der Waals surface area (Å²) in [6.07, 6.45) is 1.46. The molecule has 2 rings (SSSR count). The molecule has 1 fully saturated rings. The molecule has 0 aromatic heterocycles. The fourth-order valence-corrected chi connectivity index (χ4v) is 3.24. The number of carbonyl (C=O) groups is 2. The average molecular weight is 347 g/mol. The van der Waals surface area contributed by atoms with Gasteiger partial charge in [-0.25, -0.2) is 0 Å².